The number of hydrogen-bond acceptors (Lipinski definition) is 6. The molecule has 0 radical (unpaired) electrons. The lowest BCUT2D eigenvalue weighted by Crippen LogP contribution is -2.25. The highest BCUT2D eigenvalue weighted by Crippen LogP contribution is 2.38. The third-order valence-corrected chi connectivity index (χ3v) is 7.60. The van der Waals surface area contributed by atoms with Crippen LogP contribution in [-0.2, 0) is 24.3 Å². The number of para-hydroxylation sites is 2. The number of amides is 1. The van der Waals surface area contributed by atoms with Crippen LogP contribution in [0.1, 0.15) is 54.0 Å². The Bertz CT molecular complexity index is 1550. The van der Waals surface area contributed by atoms with E-state index in [2.05, 4.69) is 16.8 Å². The maximum Gasteiger partial charge on any atom is 0.220 e. The van der Waals surface area contributed by atoms with Crippen LogP contribution in [0.2, 0.25) is 5.02 Å². The Balaban J connectivity index is 1.43. The number of benzene rings is 3. The molecule has 0 saturated carbocycles. The molecule has 216 valence electrons. The van der Waals surface area contributed by atoms with Gasteiger partial charge in [-0.1, -0.05) is 36.7 Å². The van der Waals surface area contributed by atoms with Crippen molar-refractivity contribution in [3.63, 3.8) is 0 Å². The number of halogens is 1. The third kappa shape index (κ3) is 7.00. The van der Waals surface area contributed by atoms with E-state index in [-0.39, 0.29) is 24.2 Å². The zero-order chi connectivity index (χ0) is 29.5. The Labute approximate surface area is 245 Å². The van der Waals surface area contributed by atoms with Crippen LogP contribution < -0.4 is 19.5 Å². The van der Waals surface area contributed by atoms with Gasteiger partial charge >= 0.3 is 0 Å². The molecular formula is C32H36ClN3O5. The van der Waals surface area contributed by atoms with Crippen LogP contribution in [0, 0.1) is 5.92 Å². The van der Waals surface area contributed by atoms with Crippen molar-refractivity contribution in [2.24, 2.45) is 5.92 Å². The number of nitrogens with one attached hydrogen (secondary N) is 1. The van der Waals surface area contributed by atoms with E-state index in [0.29, 0.717) is 53.6 Å². The van der Waals surface area contributed by atoms with E-state index in [1.165, 1.54) is 0 Å². The number of fused-ring (bicyclic) bond motifs is 1. The van der Waals surface area contributed by atoms with E-state index in [4.69, 9.17) is 30.8 Å². The Morgan fingerprint density at radius 3 is 2.41 bits per heavy atom. The van der Waals surface area contributed by atoms with Crippen LogP contribution >= 0.6 is 11.6 Å². The van der Waals surface area contributed by atoms with Crippen LogP contribution in [-0.4, -0.2) is 42.6 Å². The summed E-state index contributed by atoms with van der Waals surface area (Å²) in [6.07, 6.45) is 1.78. The quantitative estimate of drug-likeness (QED) is 0.189. The van der Waals surface area contributed by atoms with Crippen molar-refractivity contribution in [3.8, 4) is 17.2 Å². The number of ketones is 1. The predicted molar refractivity (Wildman–Crippen MR) is 160 cm³/mol. The average Bonchev–Trinajstić information content (AvgIpc) is 3.32. The summed E-state index contributed by atoms with van der Waals surface area (Å²) in [5.41, 5.74) is 4.20. The van der Waals surface area contributed by atoms with Crippen molar-refractivity contribution in [1.82, 2.24) is 14.9 Å². The summed E-state index contributed by atoms with van der Waals surface area (Å²) in [4.78, 5) is 29.7. The Morgan fingerprint density at radius 2 is 1.71 bits per heavy atom. The summed E-state index contributed by atoms with van der Waals surface area (Å²) >= 11 is 6.55. The number of carbonyl (C=O) groups is 2. The first-order valence-electron chi connectivity index (χ1n) is 13.5. The van der Waals surface area contributed by atoms with Gasteiger partial charge in [0, 0.05) is 17.5 Å². The van der Waals surface area contributed by atoms with Crippen molar-refractivity contribution in [2.45, 2.75) is 46.2 Å². The van der Waals surface area contributed by atoms with E-state index in [0.717, 1.165) is 28.0 Å². The lowest BCUT2D eigenvalue weighted by atomic mass is 9.96. The fourth-order valence-corrected chi connectivity index (χ4v) is 5.25. The second kappa shape index (κ2) is 13.5. The van der Waals surface area contributed by atoms with Gasteiger partial charge < -0.3 is 24.1 Å². The highest BCUT2D eigenvalue weighted by Gasteiger charge is 2.18. The molecule has 4 rings (SSSR count). The number of carbonyl (C=O) groups excluding carboxylic acids is 2. The van der Waals surface area contributed by atoms with Crippen LogP contribution in [0.5, 0.6) is 17.2 Å². The second-order valence-electron chi connectivity index (χ2n) is 10.1. The largest absolute Gasteiger partial charge is 0.496 e. The summed E-state index contributed by atoms with van der Waals surface area (Å²) < 4.78 is 18.4. The van der Waals surface area contributed by atoms with Crippen LogP contribution in [0.4, 0.5) is 0 Å². The van der Waals surface area contributed by atoms with Crippen molar-refractivity contribution < 1.29 is 23.8 Å². The maximum atomic E-state index is 12.9. The molecule has 1 heterocycles. The SMILES string of the molecule is COc1ccc(C(C)=O)cc1Cn1c(CNC(=O)CCC(C)Cc2ccc(OC)c(OC)c2Cl)nc2ccccc21. The monoisotopic (exact) mass is 577 g/mol. The molecule has 9 heteroatoms. The Hall–Kier alpha value is -4.04. The highest BCUT2D eigenvalue weighted by molar-refractivity contribution is 6.33. The summed E-state index contributed by atoms with van der Waals surface area (Å²) in [5, 5.41) is 3.57. The first-order valence-corrected chi connectivity index (χ1v) is 13.9. The third-order valence-electron chi connectivity index (χ3n) is 7.19. The van der Waals surface area contributed by atoms with Crippen molar-refractivity contribution in [2.75, 3.05) is 21.3 Å². The number of aromatic nitrogens is 2. The summed E-state index contributed by atoms with van der Waals surface area (Å²) in [6, 6.07) is 17.0. The van der Waals surface area contributed by atoms with Gasteiger partial charge in [-0.05, 0) is 67.6 Å². The molecule has 0 aliphatic rings. The Kier molecular flexibility index (Phi) is 9.89. The molecule has 0 bridgehead atoms. The lowest BCUT2D eigenvalue weighted by molar-refractivity contribution is -0.121. The molecule has 0 fully saturated rings. The number of imidazole rings is 1. The topological polar surface area (TPSA) is 91.7 Å². The molecular weight excluding hydrogens is 542 g/mol. The number of ether oxygens (including phenoxy) is 3. The summed E-state index contributed by atoms with van der Waals surface area (Å²) in [5.74, 6) is 2.67. The van der Waals surface area contributed by atoms with Crippen molar-refractivity contribution in [3.05, 3.63) is 82.1 Å². The van der Waals surface area contributed by atoms with Gasteiger partial charge in [0.2, 0.25) is 5.91 Å². The molecule has 1 amide bonds. The zero-order valence-electron chi connectivity index (χ0n) is 24.1. The fraction of sp³-hybridized carbons (Fsp3) is 0.344. The van der Waals surface area contributed by atoms with Crippen LogP contribution in [0.15, 0.2) is 54.6 Å². The molecule has 1 aromatic heterocycles. The smallest absolute Gasteiger partial charge is 0.220 e. The van der Waals surface area contributed by atoms with Gasteiger partial charge in [0.05, 0.1) is 50.5 Å². The molecule has 0 aliphatic carbocycles. The van der Waals surface area contributed by atoms with Gasteiger partial charge in [0.15, 0.2) is 17.3 Å². The normalized spacial score (nSPS) is 11.8. The van der Waals surface area contributed by atoms with Gasteiger partial charge in [-0.3, -0.25) is 9.59 Å². The minimum Gasteiger partial charge on any atom is -0.496 e. The minimum absolute atomic E-state index is 0.0143. The fourth-order valence-electron chi connectivity index (χ4n) is 4.94. The predicted octanol–water partition coefficient (Wildman–Crippen LogP) is 6.24. The molecule has 4 aromatic rings. The van der Waals surface area contributed by atoms with Crippen molar-refractivity contribution in [1.29, 1.82) is 0 Å². The number of rotatable bonds is 13. The van der Waals surface area contributed by atoms with Crippen molar-refractivity contribution >= 4 is 34.3 Å². The number of hydrogen-bond donors (Lipinski definition) is 1. The first kappa shape index (κ1) is 29.9. The lowest BCUT2D eigenvalue weighted by Gasteiger charge is -2.16. The second-order valence-corrected chi connectivity index (χ2v) is 10.5. The molecule has 1 N–H and O–H groups in total. The van der Waals surface area contributed by atoms with E-state index in [1.807, 2.05) is 48.5 Å². The number of nitrogens with zero attached hydrogens (tertiary/aromatic N) is 2. The highest BCUT2D eigenvalue weighted by atomic mass is 35.5. The molecule has 8 nitrogen and oxygen atoms in total. The van der Waals surface area contributed by atoms with E-state index in [1.54, 1.807) is 34.3 Å². The molecule has 0 spiro atoms. The summed E-state index contributed by atoms with van der Waals surface area (Å²) in [7, 11) is 4.75. The molecule has 0 aliphatic heterocycles. The molecule has 1 unspecified atom stereocenters. The first-order chi connectivity index (χ1) is 19.7. The van der Waals surface area contributed by atoms with Gasteiger partial charge in [-0.25, -0.2) is 4.98 Å². The standard InChI is InChI=1S/C32H36ClN3O5/c1-20(16-23-12-14-28(40-4)32(41-5)31(23)33)10-15-30(38)34-18-29-35-25-8-6-7-9-26(25)36(29)19-24-17-22(21(2)37)11-13-27(24)39-3/h6-9,11-14,17,20H,10,15-16,18-19H2,1-5H3,(H,34,38). The van der Waals surface area contributed by atoms with Gasteiger partial charge in [0.1, 0.15) is 11.6 Å². The van der Waals surface area contributed by atoms with Gasteiger partial charge in [0.25, 0.3) is 0 Å². The van der Waals surface area contributed by atoms with E-state index in [9.17, 15) is 9.59 Å². The number of Topliss-reactive ketones (excluding diaryl/α,β-unsaturated/α-hetero) is 1. The average molecular weight is 578 g/mol. The molecule has 41 heavy (non-hydrogen) atoms. The molecule has 3 aromatic carbocycles. The van der Waals surface area contributed by atoms with Gasteiger partial charge in [-0.15, -0.1) is 0 Å². The minimum atomic E-state index is -0.0509. The summed E-state index contributed by atoms with van der Waals surface area (Å²) in [6.45, 7) is 4.36. The van der Waals surface area contributed by atoms with Crippen LogP contribution in [0.3, 0.4) is 0 Å². The van der Waals surface area contributed by atoms with E-state index >= 15 is 0 Å². The molecule has 1 atom stereocenters. The number of methoxy groups -OCH3 is 3. The molecule has 0 saturated heterocycles. The van der Waals surface area contributed by atoms with E-state index < -0.39 is 0 Å². The van der Waals surface area contributed by atoms with Gasteiger partial charge in [-0.2, -0.15) is 0 Å². The Morgan fingerprint density at radius 1 is 0.976 bits per heavy atom. The zero-order valence-corrected chi connectivity index (χ0v) is 24.9. The van der Waals surface area contributed by atoms with Crippen LogP contribution in [0.25, 0.3) is 11.0 Å². The maximum absolute atomic E-state index is 12.9.